The minimum atomic E-state index is -0.408. The summed E-state index contributed by atoms with van der Waals surface area (Å²) in [6.07, 6.45) is 1.06. The molecule has 3 rings (SSSR count). The van der Waals surface area contributed by atoms with Crippen LogP contribution >= 0.6 is 0 Å². The maximum Gasteiger partial charge on any atom is 0.332 e. The predicted octanol–water partition coefficient (Wildman–Crippen LogP) is -1.10. The standard InChI is InChI=1S/C11H15N5O3/c1-15-8-7(9(18)16(2)11(15)19)13-10(14-8)12-5-3-6(17)4-5/h5-6,17H,3-4H2,1-2H3,(H2,12,13,14). The first-order valence-corrected chi connectivity index (χ1v) is 6.07. The molecule has 0 bridgehead atoms. The number of hydrogen-bond acceptors (Lipinski definition) is 5. The van der Waals surface area contributed by atoms with Crippen molar-refractivity contribution < 1.29 is 5.11 Å². The Bertz CT molecular complexity index is 750. The van der Waals surface area contributed by atoms with Crippen LogP contribution in [-0.4, -0.2) is 36.4 Å². The monoisotopic (exact) mass is 265 g/mol. The van der Waals surface area contributed by atoms with Gasteiger partial charge in [0.1, 0.15) is 0 Å². The van der Waals surface area contributed by atoms with Gasteiger partial charge in [0, 0.05) is 20.1 Å². The fourth-order valence-electron chi connectivity index (χ4n) is 2.29. The van der Waals surface area contributed by atoms with E-state index >= 15 is 0 Å². The molecule has 0 amide bonds. The van der Waals surface area contributed by atoms with Gasteiger partial charge in [0.2, 0.25) is 5.95 Å². The van der Waals surface area contributed by atoms with E-state index in [-0.39, 0.29) is 12.1 Å². The van der Waals surface area contributed by atoms with Crippen LogP contribution in [0.2, 0.25) is 0 Å². The van der Waals surface area contributed by atoms with Crippen LogP contribution in [0.1, 0.15) is 12.8 Å². The van der Waals surface area contributed by atoms with E-state index in [9.17, 15) is 14.7 Å². The van der Waals surface area contributed by atoms with Crippen LogP contribution in [0, 0.1) is 0 Å². The number of nitrogens with one attached hydrogen (secondary N) is 2. The van der Waals surface area contributed by atoms with E-state index in [4.69, 9.17) is 0 Å². The highest BCUT2D eigenvalue weighted by Gasteiger charge is 2.28. The van der Waals surface area contributed by atoms with Gasteiger partial charge in [-0.1, -0.05) is 0 Å². The van der Waals surface area contributed by atoms with Gasteiger partial charge in [-0.25, -0.2) is 4.79 Å². The summed E-state index contributed by atoms with van der Waals surface area (Å²) in [4.78, 5) is 30.8. The Labute approximate surface area is 107 Å². The lowest BCUT2D eigenvalue weighted by Crippen LogP contribution is -2.39. The predicted molar refractivity (Wildman–Crippen MR) is 69.2 cm³/mol. The maximum atomic E-state index is 11.9. The number of anilines is 1. The molecule has 0 aliphatic heterocycles. The van der Waals surface area contributed by atoms with Gasteiger partial charge in [0.05, 0.1) is 6.10 Å². The zero-order chi connectivity index (χ0) is 13.7. The Morgan fingerprint density at radius 1 is 1.32 bits per heavy atom. The first-order valence-electron chi connectivity index (χ1n) is 6.07. The second-order valence-corrected chi connectivity index (χ2v) is 4.96. The molecular formula is C11H15N5O3. The van der Waals surface area contributed by atoms with Gasteiger partial charge in [-0.05, 0) is 12.8 Å². The number of imidazole rings is 1. The summed E-state index contributed by atoms with van der Waals surface area (Å²) in [7, 11) is 3.00. The zero-order valence-corrected chi connectivity index (χ0v) is 10.7. The van der Waals surface area contributed by atoms with Crippen LogP contribution < -0.4 is 16.6 Å². The number of aliphatic hydroxyl groups excluding tert-OH is 1. The van der Waals surface area contributed by atoms with E-state index in [1.165, 1.54) is 11.6 Å². The van der Waals surface area contributed by atoms with Crippen molar-refractivity contribution in [2.24, 2.45) is 14.1 Å². The van der Waals surface area contributed by atoms with E-state index < -0.39 is 11.2 Å². The zero-order valence-electron chi connectivity index (χ0n) is 10.7. The third-order valence-electron chi connectivity index (χ3n) is 3.55. The fourth-order valence-corrected chi connectivity index (χ4v) is 2.29. The first kappa shape index (κ1) is 12.0. The van der Waals surface area contributed by atoms with Crippen molar-refractivity contribution in [2.45, 2.75) is 25.0 Å². The van der Waals surface area contributed by atoms with Crippen molar-refractivity contribution in [2.75, 3.05) is 5.32 Å². The summed E-state index contributed by atoms with van der Waals surface area (Å²) in [5.74, 6) is 0.449. The SMILES string of the molecule is Cn1c(=O)c2[nH]c(NC3CC(O)C3)nc2n(C)c1=O. The van der Waals surface area contributed by atoms with Gasteiger partial charge >= 0.3 is 5.69 Å². The molecular weight excluding hydrogens is 250 g/mol. The van der Waals surface area contributed by atoms with Crippen LogP contribution in [0.5, 0.6) is 0 Å². The van der Waals surface area contributed by atoms with Crippen molar-refractivity contribution >= 4 is 17.1 Å². The summed E-state index contributed by atoms with van der Waals surface area (Å²) in [5.41, 5.74) is -0.177. The Hall–Kier alpha value is -2.09. The van der Waals surface area contributed by atoms with Gasteiger partial charge in [0.25, 0.3) is 5.56 Å². The van der Waals surface area contributed by atoms with Crippen molar-refractivity contribution in [1.82, 2.24) is 19.1 Å². The van der Waals surface area contributed by atoms with Gasteiger partial charge in [-0.2, -0.15) is 4.98 Å². The normalized spacial score (nSPS) is 22.5. The molecule has 2 aromatic rings. The van der Waals surface area contributed by atoms with Crippen molar-refractivity contribution in [1.29, 1.82) is 0 Å². The number of rotatable bonds is 2. The number of H-pyrrole nitrogens is 1. The molecule has 8 nitrogen and oxygen atoms in total. The van der Waals surface area contributed by atoms with Crippen LogP contribution in [0.3, 0.4) is 0 Å². The third kappa shape index (κ3) is 1.75. The second kappa shape index (κ2) is 3.95. The number of fused-ring (bicyclic) bond motifs is 1. The molecule has 2 aromatic heterocycles. The van der Waals surface area contributed by atoms with E-state index in [2.05, 4.69) is 15.3 Å². The minimum Gasteiger partial charge on any atom is -0.393 e. The summed E-state index contributed by atoms with van der Waals surface area (Å²) in [6, 6.07) is 0.149. The van der Waals surface area contributed by atoms with Crippen molar-refractivity contribution in [3.8, 4) is 0 Å². The summed E-state index contributed by atoms with van der Waals surface area (Å²) < 4.78 is 2.37. The van der Waals surface area contributed by atoms with Crippen molar-refractivity contribution in [3.63, 3.8) is 0 Å². The summed E-state index contributed by atoms with van der Waals surface area (Å²) in [6.45, 7) is 0. The highest BCUT2D eigenvalue weighted by molar-refractivity contribution is 5.72. The number of aliphatic hydroxyl groups is 1. The van der Waals surface area contributed by atoms with E-state index in [0.717, 1.165) is 4.57 Å². The second-order valence-electron chi connectivity index (χ2n) is 4.96. The highest BCUT2D eigenvalue weighted by atomic mass is 16.3. The topological polar surface area (TPSA) is 105 Å². The molecule has 8 heteroatoms. The molecule has 102 valence electrons. The maximum absolute atomic E-state index is 11.9. The summed E-state index contributed by atoms with van der Waals surface area (Å²) >= 11 is 0. The molecule has 0 unspecified atom stereocenters. The van der Waals surface area contributed by atoms with E-state index in [0.29, 0.717) is 30.0 Å². The number of aromatic amines is 1. The molecule has 2 heterocycles. The third-order valence-corrected chi connectivity index (χ3v) is 3.55. The fraction of sp³-hybridized carbons (Fsp3) is 0.545. The lowest BCUT2D eigenvalue weighted by Gasteiger charge is -2.31. The average molecular weight is 265 g/mol. The molecule has 0 atom stereocenters. The molecule has 0 aromatic carbocycles. The largest absolute Gasteiger partial charge is 0.393 e. The lowest BCUT2D eigenvalue weighted by molar-refractivity contribution is 0.0834. The van der Waals surface area contributed by atoms with Crippen LogP contribution in [0.4, 0.5) is 5.95 Å². The molecule has 1 fully saturated rings. The smallest absolute Gasteiger partial charge is 0.332 e. The van der Waals surface area contributed by atoms with Crippen LogP contribution in [0.15, 0.2) is 9.59 Å². The van der Waals surface area contributed by atoms with Gasteiger partial charge in [-0.3, -0.25) is 13.9 Å². The Balaban J connectivity index is 2.06. The Morgan fingerprint density at radius 3 is 2.63 bits per heavy atom. The average Bonchev–Trinajstić information content (AvgIpc) is 2.76. The molecule has 1 aliphatic carbocycles. The molecule has 1 saturated carbocycles. The number of aromatic nitrogens is 4. The van der Waals surface area contributed by atoms with Gasteiger partial charge in [0.15, 0.2) is 11.2 Å². The molecule has 3 N–H and O–H groups in total. The van der Waals surface area contributed by atoms with Crippen LogP contribution in [0.25, 0.3) is 11.2 Å². The van der Waals surface area contributed by atoms with E-state index in [1.807, 2.05) is 0 Å². The molecule has 0 saturated heterocycles. The first-order chi connectivity index (χ1) is 8.97. The van der Waals surface area contributed by atoms with Gasteiger partial charge in [-0.15, -0.1) is 0 Å². The summed E-state index contributed by atoms with van der Waals surface area (Å²) in [5, 5.41) is 12.3. The molecule has 1 aliphatic rings. The number of nitrogens with zero attached hydrogens (tertiary/aromatic N) is 3. The Morgan fingerprint density at radius 2 is 2.00 bits per heavy atom. The lowest BCUT2D eigenvalue weighted by atomic mass is 9.90. The minimum absolute atomic E-state index is 0.149. The quantitative estimate of drug-likeness (QED) is 0.639. The van der Waals surface area contributed by atoms with Crippen LogP contribution in [-0.2, 0) is 14.1 Å². The van der Waals surface area contributed by atoms with E-state index in [1.54, 1.807) is 7.05 Å². The number of aryl methyl sites for hydroxylation is 1. The molecule has 19 heavy (non-hydrogen) atoms. The Kier molecular flexibility index (Phi) is 2.49. The van der Waals surface area contributed by atoms with Crippen molar-refractivity contribution in [3.05, 3.63) is 20.8 Å². The van der Waals surface area contributed by atoms with Gasteiger partial charge < -0.3 is 15.4 Å². The number of hydrogen-bond donors (Lipinski definition) is 3. The molecule has 0 spiro atoms. The highest BCUT2D eigenvalue weighted by Crippen LogP contribution is 2.23. The molecule has 0 radical (unpaired) electrons.